The van der Waals surface area contributed by atoms with Crippen molar-refractivity contribution < 1.29 is 13.2 Å². The van der Waals surface area contributed by atoms with Gasteiger partial charge in [-0.15, -0.1) is 0 Å². The first-order valence-corrected chi connectivity index (χ1v) is 7.19. The third-order valence-corrected chi connectivity index (χ3v) is 4.24. The van der Waals surface area contributed by atoms with Crippen molar-refractivity contribution in [3.8, 4) is 0 Å². The van der Waals surface area contributed by atoms with Gasteiger partial charge in [-0.3, -0.25) is 0 Å². The fraction of sp³-hybridized carbons (Fsp3) is 0.625. The Hall–Kier alpha value is -1.03. The number of aryl methyl sites for hydroxylation is 1. The second-order valence-electron chi connectivity index (χ2n) is 6.11. The molecule has 1 atom stereocenters. The molecule has 1 aliphatic carbocycles. The standard InChI is InChI=1S/C16H22F3N/c1-4-9-20-14(15(3)7-8-15)13-6-5-12(10-11(13)2)16(17,18)19/h5-6,10,14,20H,4,7-9H2,1-3H3. The van der Waals surface area contributed by atoms with Crippen LogP contribution in [-0.4, -0.2) is 6.54 Å². The van der Waals surface area contributed by atoms with E-state index >= 15 is 0 Å². The van der Waals surface area contributed by atoms with Gasteiger partial charge in [0.15, 0.2) is 0 Å². The molecule has 1 aromatic carbocycles. The zero-order valence-electron chi connectivity index (χ0n) is 12.3. The van der Waals surface area contributed by atoms with Gasteiger partial charge < -0.3 is 5.32 Å². The SMILES string of the molecule is CCCNC(c1ccc(C(F)(F)F)cc1C)C1(C)CC1. The molecule has 1 N–H and O–H groups in total. The maximum Gasteiger partial charge on any atom is 0.416 e. The third kappa shape index (κ3) is 3.17. The minimum absolute atomic E-state index is 0.157. The lowest BCUT2D eigenvalue weighted by Gasteiger charge is -2.27. The molecule has 1 aliphatic rings. The van der Waals surface area contributed by atoms with Crippen LogP contribution in [0.25, 0.3) is 0 Å². The van der Waals surface area contributed by atoms with Crippen molar-refractivity contribution in [1.82, 2.24) is 5.32 Å². The number of benzene rings is 1. The molecule has 0 heterocycles. The molecule has 0 amide bonds. The monoisotopic (exact) mass is 285 g/mol. The van der Waals surface area contributed by atoms with E-state index in [0.29, 0.717) is 0 Å². The van der Waals surface area contributed by atoms with Crippen molar-refractivity contribution in [2.75, 3.05) is 6.54 Å². The van der Waals surface area contributed by atoms with Gasteiger partial charge in [-0.1, -0.05) is 19.9 Å². The fourth-order valence-electron chi connectivity index (χ4n) is 2.68. The normalized spacial score (nSPS) is 18.9. The van der Waals surface area contributed by atoms with Gasteiger partial charge in [0.05, 0.1) is 5.56 Å². The molecule has 0 bridgehead atoms. The van der Waals surface area contributed by atoms with E-state index in [9.17, 15) is 13.2 Å². The minimum Gasteiger partial charge on any atom is -0.309 e. The van der Waals surface area contributed by atoms with Crippen molar-refractivity contribution in [3.63, 3.8) is 0 Å². The molecule has 112 valence electrons. The molecule has 1 fully saturated rings. The van der Waals surface area contributed by atoms with Crippen LogP contribution in [-0.2, 0) is 6.18 Å². The summed E-state index contributed by atoms with van der Waals surface area (Å²) in [5.74, 6) is 0. The second kappa shape index (κ2) is 5.40. The summed E-state index contributed by atoms with van der Waals surface area (Å²) >= 11 is 0. The Balaban J connectivity index is 2.30. The molecule has 2 rings (SSSR count). The molecule has 20 heavy (non-hydrogen) atoms. The van der Waals surface area contributed by atoms with E-state index in [2.05, 4.69) is 19.2 Å². The van der Waals surface area contributed by atoms with E-state index in [1.807, 2.05) is 0 Å². The van der Waals surface area contributed by atoms with Crippen LogP contribution < -0.4 is 5.32 Å². The Morgan fingerprint density at radius 1 is 1.30 bits per heavy atom. The van der Waals surface area contributed by atoms with Gasteiger partial charge in [-0.2, -0.15) is 13.2 Å². The lowest BCUT2D eigenvalue weighted by atomic mass is 9.88. The number of halogens is 3. The van der Waals surface area contributed by atoms with Crippen LogP contribution in [0.4, 0.5) is 13.2 Å². The molecule has 0 aromatic heterocycles. The average molecular weight is 285 g/mol. The Bertz CT molecular complexity index is 475. The molecule has 0 saturated heterocycles. The van der Waals surface area contributed by atoms with Crippen molar-refractivity contribution in [1.29, 1.82) is 0 Å². The van der Waals surface area contributed by atoms with Gasteiger partial charge in [-0.05, 0) is 61.4 Å². The van der Waals surface area contributed by atoms with Crippen molar-refractivity contribution in [2.45, 2.75) is 52.3 Å². The van der Waals surface area contributed by atoms with Crippen LogP contribution in [0.5, 0.6) is 0 Å². The van der Waals surface area contributed by atoms with Crippen LogP contribution in [0, 0.1) is 12.3 Å². The van der Waals surface area contributed by atoms with Gasteiger partial charge in [0, 0.05) is 6.04 Å². The highest BCUT2D eigenvalue weighted by Crippen LogP contribution is 2.55. The molecule has 0 aliphatic heterocycles. The van der Waals surface area contributed by atoms with Crippen LogP contribution in [0.2, 0.25) is 0 Å². The lowest BCUT2D eigenvalue weighted by molar-refractivity contribution is -0.137. The Labute approximate surface area is 118 Å². The minimum atomic E-state index is -4.26. The lowest BCUT2D eigenvalue weighted by Crippen LogP contribution is -2.29. The highest BCUT2D eigenvalue weighted by atomic mass is 19.4. The summed E-state index contributed by atoms with van der Waals surface area (Å²) in [5, 5.41) is 3.51. The highest BCUT2D eigenvalue weighted by molar-refractivity contribution is 5.36. The maximum absolute atomic E-state index is 12.7. The topological polar surface area (TPSA) is 12.0 Å². The second-order valence-corrected chi connectivity index (χ2v) is 6.11. The van der Waals surface area contributed by atoms with Crippen LogP contribution in [0.15, 0.2) is 18.2 Å². The smallest absolute Gasteiger partial charge is 0.309 e. The largest absolute Gasteiger partial charge is 0.416 e. The summed E-state index contributed by atoms with van der Waals surface area (Å²) in [6, 6.07) is 4.27. The first-order chi connectivity index (χ1) is 9.28. The van der Waals surface area contributed by atoms with Crippen molar-refractivity contribution >= 4 is 0 Å². The first kappa shape index (κ1) is 15.4. The summed E-state index contributed by atoms with van der Waals surface area (Å²) in [4.78, 5) is 0. The van der Waals surface area contributed by atoms with E-state index in [1.165, 1.54) is 12.1 Å². The van der Waals surface area contributed by atoms with Gasteiger partial charge in [0.1, 0.15) is 0 Å². The zero-order valence-corrected chi connectivity index (χ0v) is 12.3. The van der Waals surface area contributed by atoms with Crippen LogP contribution >= 0.6 is 0 Å². The van der Waals surface area contributed by atoms with Gasteiger partial charge in [0.25, 0.3) is 0 Å². The molecule has 0 spiro atoms. The molecule has 1 unspecified atom stereocenters. The van der Waals surface area contributed by atoms with Crippen LogP contribution in [0.1, 0.15) is 55.8 Å². The van der Waals surface area contributed by atoms with E-state index in [4.69, 9.17) is 0 Å². The number of alkyl halides is 3. The Kier molecular flexibility index (Phi) is 4.14. The molecule has 0 radical (unpaired) electrons. The fourth-order valence-corrected chi connectivity index (χ4v) is 2.68. The van der Waals surface area contributed by atoms with Crippen molar-refractivity contribution in [3.05, 3.63) is 34.9 Å². The summed E-state index contributed by atoms with van der Waals surface area (Å²) in [6.45, 7) is 6.97. The van der Waals surface area contributed by atoms with E-state index in [0.717, 1.165) is 36.9 Å². The summed E-state index contributed by atoms with van der Waals surface area (Å²) < 4.78 is 38.2. The Morgan fingerprint density at radius 2 is 1.95 bits per heavy atom. The first-order valence-electron chi connectivity index (χ1n) is 7.19. The summed E-state index contributed by atoms with van der Waals surface area (Å²) in [6.07, 6.45) is -0.977. The zero-order chi connectivity index (χ0) is 15.0. The molecule has 1 nitrogen and oxygen atoms in total. The highest BCUT2D eigenvalue weighted by Gasteiger charge is 2.45. The van der Waals surface area contributed by atoms with Gasteiger partial charge in [-0.25, -0.2) is 0 Å². The predicted octanol–water partition coefficient (Wildman–Crippen LogP) is 4.85. The summed E-state index contributed by atoms with van der Waals surface area (Å²) in [5.41, 5.74) is 1.36. The molecule has 1 aromatic rings. The molecule has 1 saturated carbocycles. The molecule has 4 heteroatoms. The number of rotatable bonds is 5. The summed E-state index contributed by atoms with van der Waals surface area (Å²) in [7, 11) is 0. The third-order valence-electron chi connectivity index (χ3n) is 4.24. The van der Waals surface area contributed by atoms with E-state index in [-0.39, 0.29) is 11.5 Å². The maximum atomic E-state index is 12.7. The van der Waals surface area contributed by atoms with Gasteiger partial charge >= 0.3 is 6.18 Å². The number of hydrogen-bond donors (Lipinski definition) is 1. The molecular weight excluding hydrogens is 263 g/mol. The van der Waals surface area contributed by atoms with E-state index in [1.54, 1.807) is 13.0 Å². The Morgan fingerprint density at radius 3 is 2.40 bits per heavy atom. The van der Waals surface area contributed by atoms with Crippen molar-refractivity contribution in [2.24, 2.45) is 5.41 Å². The molecular formula is C16H22F3N. The van der Waals surface area contributed by atoms with E-state index < -0.39 is 11.7 Å². The number of nitrogens with one attached hydrogen (secondary N) is 1. The average Bonchev–Trinajstić information content (AvgIpc) is 3.09. The predicted molar refractivity (Wildman–Crippen MR) is 74.6 cm³/mol. The van der Waals surface area contributed by atoms with Gasteiger partial charge in [0.2, 0.25) is 0 Å². The number of hydrogen-bond acceptors (Lipinski definition) is 1. The quantitative estimate of drug-likeness (QED) is 0.815. The van der Waals surface area contributed by atoms with Crippen LogP contribution in [0.3, 0.4) is 0 Å².